The predicted molar refractivity (Wildman–Crippen MR) is 103 cm³/mol. The minimum atomic E-state index is -3.63. The van der Waals surface area contributed by atoms with Crippen LogP contribution in [-0.2, 0) is 26.2 Å². The van der Waals surface area contributed by atoms with Gasteiger partial charge in [0.1, 0.15) is 6.61 Å². The number of nitriles is 1. The quantitative estimate of drug-likeness (QED) is 0.736. The maximum atomic E-state index is 12.7. The molecule has 1 aliphatic heterocycles. The molecule has 2 aromatic carbocycles. The van der Waals surface area contributed by atoms with Crippen LogP contribution < -0.4 is 0 Å². The molecule has 0 spiro atoms. The maximum Gasteiger partial charge on any atom is 0.248 e. The fraction of sp³-hybridized carbons (Fsp3) is 0.300. The lowest BCUT2D eigenvalue weighted by Gasteiger charge is -2.34. The van der Waals surface area contributed by atoms with E-state index in [2.05, 4.69) is 0 Å². The largest absolute Gasteiger partial charge is 0.367 e. The topological polar surface area (TPSA) is 90.7 Å². The molecule has 0 atom stereocenters. The van der Waals surface area contributed by atoms with Crippen LogP contribution in [0.4, 0.5) is 0 Å². The van der Waals surface area contributed by atoms with Gasteiger partial charge in [0.25, 0.3) is 0 Å². The highest BCUT2D eigenvalue weighted by Gasteiger charge is 2.30. The zero-order valence-corrected chi connectivity index (χ0v) is 16.1. The fourth-order valence-electron chi connectivity index (χ4n) is 2.95. The van der Waals surface area contributed by atoms with Gasteiger partial charge in [0.15, 0.2) is 0 Å². The van der Waals surface area contributed by atoms with Crippen LogP contribution in [0.2, 0.25) is 0 Å². The van der Waals surface area contributed by atoms with Crippen molar-refractivity contribution in [2.45, 2.75) is 11.5 Å². The first kappa shape index (κ1) is 20.0. The normalized spacial score (nSPS) is 15.2. The lowest BCUT2D eigenvalue weighted by molar-refractivity contribution is -0.137. The van der Waals surface area contributed by atoms with Gasteiger partial charge < -0.3 is 9.64 Å². The summed E-state index contributed by atoms with van der Waals surface area (Å²) >= 11 is 0. The first-order valence-corrected chi connectivity index (χ1v) is 10.3. The summed E-state index contributed by atoms with van der Waals surface area (Å²) in [5, 5.41) is 8.83. The van der Waals surface area contributed by atoms with Gasteiger partial charge in [-0.1, -0.05) is 30.3 Å². The van der Waals surface area contributed by atoms with E-state index >= 15 is 0 Å². The Bertz CT molecular complexity index is 945. The van der Waals surface area contributed by atoms with E-state index in [1.807, 2.05) is 36.4 Å². The van der Waals surface area contributed by atoms with E-state index in [0.29, 0.717) is 25.3 Å². The molecule has 1 saturated heterocycles. The zero-order valence-electron chi connectivity index (χ0n) is 15.3. The van der Waals surface area contributed by atoms with E-state index in [0.717, 1.165) is 5.56 Å². The number of hydrogen-bond acceptors (Lipinski definition) is 5. The molecule has 0 aromatic heterocycles. The van der Waals surface area contributed by atoms with Crippen LogP contribution in [0.1, 0.15) is 11.1 Å². The second-order valence-corrected chi connectivity index (χ2v) is 8.34. The van der Waals surface area contributed by atoms with E-state index < -0.39 is 10.0 Å². The SMILES string of the molecule is N#Cc1ccc(S(=O)(=O)N2CCN(C(=O)COCc3ccccc3)CC2)cc1. The van der Waals surface area contributed by atoms with Crippen LogP contribution in [0.25, 0.3) is 0 Å². The number of rotatable bonds is 6. The Kier molecular flexibility index (Phi) is 6.41. The number of carbonyl (C=O) groups is 1. The van der Waals surface area contributed by atoms with Crippen molar-refractivity contribution in [3.8, 4) is 6.07 Å². The minimum Gasteiger partial charge on any atom is -0.367 e. The first-order chi connectivity index (χ1) is 13.5. The van der Waals surface area contributed by atoms with Crippen molar-refractivity contribution >= 4 is 15.9 Å². The molecule has 28 heavy (non-hydrogen) atoms. The molecule has 0 aliphatic carbocycles. The number of benzene rings is 2. The summed E-state index contributed by atoms with van der Waals surface area (Å²) in [5.74, 6) is -0.147. The summed E-state index contributed by atoms with van der Waals surface area (Å²) in [5.41, 5.74) is 1.40. The Morgan fingerprint density at radius 2 is 1.64 bits per heavy atom. The molecule has 7 nitrogen and oxygen atoms in total. The Morgan fingerprint density at radius 3 is 2.25 bits per heavy atom. The third-order valence-corrected chi connectivity index (χ3v) is 6.46. The molecule has 0 N–H and O–H groups in total. The molecular formula is C20H21N3O4S. The van der Waals surface area contributed by atoms with Gasteiger partial charge in [-0.3, -0.25) is 4.79 Å². The standard InChI is InChI=1S/C20H21N3O4S/c21-14-17-6-8-19(9-7-17)28(25,26)23-12-10-22(11-13-23)20(24)16-27-15-18-4-2-1-3-5-18/h1-9H,10-13,15-16H2. The average molecular weight is 399 g/mol. The Balaban J connectivity index is 1.50. The number of sulfonamides is 1. The molecule has 8 heteroatoms. The van der Waals surface area contributed by atoms with Gasteiger partial charge in [0.2, 0.25) is 15.9 Å². The van der Waals surface area contributed by atoms with Crippen molar-refractivity contribution in [1.29, 1.82) is 5.26 Å². The molecule has 0 saturated carbocycles. The van der Waals surface area contributed by atoms with Gasteiger partial charge in [-0.15, -0.1) is 0 Å². The van der Waals surface area contributed by atoms with Gasteiger partial charge in [-0.05, 0) is 29.8 Å². The van der Waals surface area contributed by atoms with Crippen molar-refractivity contribution in [2.24, 2.45) is 0 Å². The van der Waals surface area contributed by atoms with Gasteiger partial charge in [0, 0.05) is 26.2 Å². The second-order valence-electron chi connectivity index (χ2n) is 6.40. The molecule has 0 radical (unpaired) electrons. The Morgan fingerprint density at radius 1 is 1.00 bits per heavy atom. The number of amides is 1. The van der Waals surface area contributed by atoms with E-state index in [1.54, 1.807) is 4.90 Å². The summed E-state index contributed by atoms with van der Waals surface area (Å²) in [6.45, 7) is 1.43. The lowest BCUT2D eigenvalue weighted by Crippen LogP contribution is -2.51. The monoisotopic (exact) mass is 399 g/mol. The van der Waals surface area contributed by atoms with Crippen molar-refractivity contribution in [2.75, 3.05) is 32.8 Å². The van der Waals surface area contributed by atoms with E-state index in [4.69, 9.17) is 10.00 Å². The molecule has 146 valence electrons. The van der Waals surface area contributed by atoms with Gasteiger partial charge in [0.05, 0.1) is 23.1 Å². The minimum absolute atomic E-state index is 0.0305. The highest BCUT2D eigenvalue weighted by atomic mass is 32.2. The van der Waals surface area contributed by atoms with E-state index in [9.17, 15) is 13.2 Å². The van der Waals surface area contributed by atoms with Crippen LogP contribution >= 0.6 is 0 Å². The van der Waals surface area contributed by atoms with Gasteiger partial charge in [-0.2, -0.15) is 9.57 Å². The van der Waals surface area contributed by atoms with Crippen LogP contribution in [0.3, 0.4) is 0 Å². The smallest absolute Gasteiger partial charge is 0.248 e. The third-order valence-electron chi connectivity index (χ3n) is 4.55. The van der Waals surface area contributed by atoms with Crippen LogP contribution in [0.5, 0.6) is 0 Å². The van der Waals surface area contributed by atoms with Crippen LogP contribution in [-0.4, -0.2) is 56.3 Å². The summed E-state index contributed by atoms with van der Waals surface area (Å²) < 4.78 is 32.2. The first-order valence-electron chi connectivity index (χ1n) is 8.90. The van der Waals surface area contributed by atoms with Crippen molar-refractivity contribution in [1.82, 2.24) is 9.21 Å². The molecule has 3 rings (SSSR count). The van der Waals surface area contributed by atoms with E-state index in [-0.39, 0.29) is 30.5 Å². The predicted octanol–water partition coefficient (Wildman–Crippen LogP) is 1.61. The van der Waals surface area contributed by atoms with Crippen LogP contribution in [0.15, 0.2) is 59.5 Å². The van der Waals surface area contributed by atoms with Gasteiger partial charge in [-0.25, -0.2) is 8.42 Å². The fourth-order valence-corrected chi connectivity index (χ4v) is 4.37. The van der Waals surface area contributed by atoms with Gasteiger partial charge >= 0.3 is 0 Å². The summed E-state index contributed by atoms with van der Waals surface area (Å²) in [4.78, 5) is 14.1. The van der Waals surface area contributed by atoms with E-state index in [1.165, 1.54) is 28.6 Å². The molecule has 1 amide bonds. The number of nitrogens with zero attached hydrogens (tertiary/aromatic N) is 3. The number of hydrogen-bond donors (Lipinski definition) is 0. The van der Waals surface area contributed by atoms with Crippen molar-refractivity contribution in [3.05, 3.63) is 65.7 Å². The number of piperazine rings is 1. The second kappa shape index (κ2) is 8.97. The van der Waals surface area contributed by atoms with Crippen molar-refractivity contribution in [3.63, 3.8) is 0 Å². The summed E-state index contributed by atoms with van der Waals surface area (Å²) in [6.07, 6.45) is 0. The molecule has 1 heterocycles. The summed E-state index contributed by atoms with van der Waals surface area (Å²) in [6, 6.07) is 17.4. The molecule has 0 bridgehead atoms. The maximum absolute atomic E-state index is 12.7. The highest BCUT2D eigenvalue weighted by Crippen LogP contribution is 2.18. The third kappa shape index (κ3) is 4.75. The molecule has 1 aliphatic rings. The Labute approximate surface area is 164 Å². The lowest BCUT2D eigenvalue weighted by atomic mass is 10.2. The highest BCUT2D eigenvalue weighted by molar-refractivity contribution is 7.89. The van der Waals surface area contributed by atoms with Crippen molar-refractivity contribution < 1.29 is 17.9 Å². The molecular weight excluding hydrogens is 378 g/mol. The number of ether oxygens (including phenoxy) is 1. The molecule has 1 fully saturated rings. The number of carbonyl (C=O) groups excluding carboxylic acids is 1. The zero-order chi connectivity index (χ0) is 20.0. The van der Waals surface area contributed by atoms with Crippen LogP contribution in [0, 0.1) is 11.3 Å². The Hall–Kier alpha value is -2.73. The molecule has 0 unspecified atom stereocenters. The summed E-state index contributed by atoms with van der Waals surface area (Å²) in [7, 11) is -3.63. The molecule has 2 aromatic rings. The average Bonchev–Trinajstić information content (AvgIpc) is 2.74.